The van der Waals surface area contributed by atoms with Crippen LogP contribution in [0.2, 0.25) is 5.02 Å². The summed E-state index contributed by atoms with van der Waals surface area (Å²) in [6.45, 7) is 1.87. The second-order valence-electron chi connectivity index (χ2n) is 6.80. The van der Waals surface area contributed by atoms with E-state index in [1.54, 1.807) is 11.4 Å². The lowest BCUT2D eigenvalue weighted by Gasteiger charge is -2.31. The van der Waals surface area contributed by atoms with Crippen molar-refractivity contribution in [1.29, 1.82) is 0 Å². The number of esters is 1. The number of carbonyl (C=O) groups is 2. The molecule has 0 bridgehead atoms. The van der Waals surface area contributed by atoms with Gasteiger partial charge in [0.15, 0.2) is 0 Å². The molecule has 6 nitrogen and oxygen atoms in total. The van der Waals surface area contributed by atoms with Crippen molar-refractivity contribution in [2.24, 2.45) is 5.92 Å². The van der Waals surface area contributed by atoms with Gasteiger partial charge in [0, 0.05) is 34.7 Å². The average Bonchev–Trinajstić information content (AvgIpc) is 3.10. The zero-order chi connectivity index (χ0) is 20.1. The number of nitrogens with zero attached hydrogens (tertiary/aromatic N) is 1. The lowest BCUT2D eigenvalue weighted by Crippen LogP contribution is -2.41. The number of anilines is 1. The molecule has 2 N–H and O–H groups in total. The quantitative estimate of drug-likeness (QED) is 0.696. The van der Waals surface area contributed by atoms with Gasteiger partial charge in [-0.05, 0) is 31.4 Å². The minimum atomic E-state index is -0.523. The molecule has 2 heterocycles. The third kappa shape index (κ3) is 4.72. The first-order valence-corrected chi connectivity index (χ1v) is 10.4. The van der Waals surface area contributed by atoms with Gasteiger partial charge in [-0.1, -0.05) is 29.8 Å². The molecule has 1 aromatic heterocycles. The number of aliphatic hydroxyl groups is 1. The first-order valence-electron chi connectivity index (χ1n) is 9.11. The lowest BCUT2D eigenvalue weighted by atomic mass is 9.99. The van der Waals surface area contributed by atoms with E-state index in [0.717, 1.165) is 19.4 Å². The number of aliphatic hydroxyl groups excluding tert-OH is 1. The number of amides is 1. The Morgan fingerprint density at radius 3 is 2.86 bits per heavy atom. The summed E-state index contributed by atoms with van der Waals surface area (Å²) < 4.78 is 4.93. The standard InChI is InChI=1S/C20H23ClN2O4S/c1-27-20(26)18-15(14-6-2-3-7-16(14)21)12-28-19(18)22-17(25)10-23-8-4-5-13(9-23)11-24/h2-3,6-7,12-13,24H,4-5,8-11H2,1H3,(H,22,25). The molecule has 3 rings (SSSR count). The van der Waals surface area contributed by atoms with Crippen molar-refractivity contribution in [2.45, 2.75) is 12.8 Å². The number of carbonyl (C=O) groups excluding carboxylic acids is 2. The molecule has 0 radical (unpaired) electrons. The van der Waals surface area contributed by atoms with Gasteiger partial charge in [0.1, 0.15) is 10.6 Å². The number of nitrogens with one attached hydrogen (secondary N) is 1. The molecule has 28 heavy (non-hydrogen) atoms. The lowest BCUT2D eigenvalue weighted by molar-refractivity contribution is -0.117. The van der Waals surface area contributed by atoms with Gasteiger partial charge in [-0.25, -0.2) is 4.79 Å². The van der Waals surface area contributed by atoms with Gasteiger partial charge in [-0.2, -0.15) is 0 Å². The van der Waals surface area contributed by atoms with Crippen LogP contribution < -0.4 is 5.32 Å². The zero-order valence-electron chi connectivity index (χ0n) is 15.6. The van der Waals surface area contributed by atoms with Gasteiger partial charge in [0.2, 0.25) is 5.91 Å². The predicted molar refractivity (Wildman–Crippen MR) is 111 cm³/mol. The van der Waals surface area contributed by atoms with Crippen molar-refractivity contribution in [3.05, 3.63) is 40.2 Å². The SMILES string of the molecule is COC(=O)c1c(-c2ccccc2Cl)csc1NC(=O)CN1CCCC(CO)C1. The first-order chi connectivity index (χ1) is 13.5. The fraction of sp³-hybridized carbons (Fsp3) is 0.400. The molecule has 2 aromatic rings. The molecule has 1 aliphatic heterocycles. The highest BCUT2D eigenvalue weighted by Gasteiger charge is 2.25. The zero-order valence-corrected chi connectivity index (χ0v) is 17.2. The van der Waals surface area contributed by atoms with E-state index in [2.05, 4.69) is 5.32 Å². The maximum Gasteiger partial charge on any atom is 0.341 e. The molecule has 1 unspecified atom stereocenters. The summed E-state index contributed by atoms with van der Waals surface area (Å²) in [7, 11) is 1.31. The minimum absolute atomic E-state index is 0.136. The highest BCUT2D eigenvalue weighted by molar-refractivity contribution is 7.15. The largest absolute Gasteiger partial charge is 0.465 e. The number of thiophene rings is 1. The predicted octanol–water partition coefficient (Wildman–Crippen LogP) is 3.50. The Kier molecular flexibility index (Phi) is 7.07. The molecule has 1 aliphatic rings. The summed E-state index contributed by atoms with van der Waals surface area (Å²) >= 11 is 7.56. The Morgan fingerprint density at radius 2 is 2.14 bits per heavy atom. The average molecular weight is 423 g/mol. The van der Waals surface area contributed by atoms with Crippen LogP contribution in [0, 0.1) is 5.92 Å². The molecule has 1 aromatic carbocycles. The summed E-state index contributed by atoms with van der Waals surface area (Å²) in [6, 6.07) is 7.23. The second kappa shape index (κ2) is 9.52. The van der Waals surface area contributed by atoms with Crippen LogP contribution >= 0.6 is 22.9 Å². The van der Waals surface area contributed by atoms with Crippen molar-refractivity contribution < 1.29 is 19.4 Å². The monoisotopic (exact) mass is 422 g/mol. The van der Waals surface area contributed by atoms with Crippen molar-refractivity contribution in [2.75, 3.05) is 38.7 Å². The summed E-state index contributed by atoms with van der Waals surface area (Å²) in [6.07, 6.45) is 1.94. The van der Waals surface area contributed by atoms with Crippen LogP contribution in [0.5, 0.6) is 0 Å². The molecular formula is C20H23ClN2O4S. The van der Waals surface area contributed by atoms with E-state index in [4.69, 9.17) is 16.3 Å². The molecule has 0 aliphatic carbocycles. The normalized spacial score (nSPS) is 17.3. The number of ether oxygens (including phenoxy) is 1. The Balaban J connectivity index is 1.79. The van der Waals surface area contributed by atoms with Gasteiger partial charge < -0.3 is 15.2 Å². The Labute approximate surface area is 173 Å². The van der Waals surface area contributed by atoms with Crippen LogP contribution in [0.1, 0.15) is 23.2 Å². The number of rotatable bonds is 6. The number of piperidine rings is 1. The number of halogens is 1. The number of benzene rings is 1. The van der Waals surface area contributed by atoms with E-state index >= 15 is 0 Å². The third-order valence-electron chi connectivity index (χ3n) is 4.83. The van der Waals surface area contributed by atoms with Gasteiger partial charge >= 0.3 is 5.97 Å². The van der Waals surface area contributed by atoms with Crippen LogP contribution in [0.4, 0.5) is 5.00 Å². The van der Waals surface area contributed by atoms with Gasteiger partial charge in [0.05, 0.1) is 13.7 Å². The molecule has 1 atom stereocenters. The Hall–Kier alpha value is -1.93. The molecule has 8 heteroatoms. The van der Waals surface area contributed by atoms with Crippen molar-refractivity contribution in [3.63, 3.8) is 0 Å². The van der Waals surface area contributed by atoms with Gasteiger partial charge in [-0.15, -0.1) is 11.3 Å². The molecule has 1 fully saturated rings. The van der Waals surface area contributed by atoms with E-state index in [-0.39, 0.29) is 25.0 Å². The van der Waals surface area contributed by atoms with Gasteiger partial charge in [-0.3, -0.25) is 9.69 Å². The van der Waals surface area contributed by atoms with E-state index in [0.29, 0.717) is 33.3 Å². The second-order valence-corrected chi connectivity index (χ2v) is 8.09. The minimum Gasteiger partial charge on any atom is -0.465 e. The first kappa shape index (κ1) is 20.8. The Morgan fingerprint density at radius 1 is 1.36 bits per heavy atom. The van der Waals surface area contributed by atoms with Crippen LogP contribution in [0.3, 0.4) is 0 Å². The summed E-state index contributed by atoms with van der Waals surface area (Å²) in [5.74, 6) is -0.512. The smallest absolute Gasteiger partial charge is 0.341 e. The Bertz CT molecular complexity index is 854. The summed E-state index contributed by atoms with van der Waals surface area (Å²) in [5.41, 5.74) is 1.65. The number of hydrogen-bond donors (Lipinski definition) is 2. The molecule has 0 spiro atoms. The van der Waals surface area contributed by atoms with Crippen LogP contribution in [0.25, 0.3) is 11.1 Å². The summed E-state index contributed by atoms with van der Waals surface area (Å²) in [5, 5.41) is 15.0. The topological polar surface area (TPSA) is 78.9 Å². The molecular weight excluding hydrogens is 400 g/mol. The van der Waals surface area contributed by atoms with E-state index in [1.165, 1.54) is 18.4 Å². The maximum atomic E-state index is 12.6. The highest BCUT2D eigenvalue weighted by atomic mass is 35.5. The van der Waals surface area contributed by atoms with Crippen LogP contribution in [-0.4, -0.2) is 55.2 Å². The molecule has 1 saturated heterocycles. The number of hydrogen-bond acceptors (Lipinski definition) is 6. The van der Waals surface area contributed by atoms with Gasteiger partial charge in [0.25, 0.3) is 0 Å². The summed E-state index contributed by atoms with van der Waals surface area (Å²) in [4.78, 5) is 27.0. The fourth-order valence-corrected chi connectivity index (χ4v) is 4.65. The molecule has 0 saturated carbocycles. The van der Waals surface area contributed by atoms with E-state index < -0.39 is 5.97 Å². The number of likely N-dealkylation sites (tertiary alicyclic amines) is 1. The maximum absolute atomic E-state index is 12.6. The molecule has 1 amide bonds. The van der Waals surface area contributed by atoms with E-state index in [1.807, 2.05) is 23.1 Å². The fourth-order valence-electron chi connectivity index (χ4n) is 3.45. The third-order valence-corrected chi connectivity index (χ3v) is 6.05. The van der Waals surface area contributed by atoms with Crippen molar-refractivity contribution in [3.8, 4) is 11.1 Å². The van der Waals surface area contributed by atoms with Crippen molar-refractivity contribution >= 4 is 39.8 Å². The van der Waals surface area contributed by atoms with Crippen LogP contribution in [0.15, 0.2) is 29.6 Å². The molecule has 150 valence electrons. The van der Waals surface area contributed by atoms with Crippen molar-refractivity contribution in [1.82, 2.24) is 4.90 Å². The van der Waals surface area contributed by atoms with Crippen LogP contribution in [-0.2, 0) is 9.53 Å². The highest BCUT2D eigenvalue weighted by Crippen LogP contribution is 2.39. The van der Waals surface area contributed by atoms with E-state index in [9.17, 15) is 14.7 Å². The number of methoxy groups -OCH3 is 1.